The predicted molar refractivity (Wildman–Crippen MR) is 69.7 cm³/mol. The van der Waals surface area contributed by atoms with Crippen LogP contribution in [0.5, 0.6) is 0 Å². The van der Waals surface area contributed by atoms with Gasteiger partial charge in [0.2, 0.25) is 5.92 Å². The molecule has 2 rings (SSSR count). The lowest BCUT2D eigenvalue weighted by Gasteiger charge is -2.27. The molecule has 104 valence electrons. The zero-order valence-corrected chi connectivity index (χ0v) is 11.9. The molecule has 1 fully saturated rings. The highest BCUT2D eigenvalue weighted by Gasteiger charge is 2.37. The summed E-state index contributed by atoms with van der Waals surface area (Å²) in [4.78, 5) is 12.0. The summed E-state index contributed by atoms with van der Waals surface area (Å²) in [6.07, 6.45) is 0.101. The van der Waals surface area contributed by atoms with E-state index in [0.717, 1.165) is 0 Å². The summed E-state index contributed by atoms with van der Waals surface area (Å²) in [5.74, 6) is -3.43. The van der Waals surface area contributed by atoms with Crippen LogP contribution in [-0.4, -0.2) is 11.7 Å². The molecule has 1 aliphatic carbocycles. The molecule has 0 aliphatic heterocycles. The molecular weight excluding hydrogens is 321 g/mol. The van der Waals surface area contributed by atoms with E-state index in [1.165, 1.54) is 12.1 Å². The molecule has 0 heterocycles. The highest BCUT2D eigenvalue weighted by atomic mass is 79.9. The second kappa shape index (κ2) is 5.65. The Morgan fingerprint density at radius 1 is 1.26 bits per heavy atom. The van der Waals surface area contributed by atoms with Crippen LogP contribution < -0.4 is 0 Å². The molecule has 0 N–H and O–H groups in total. The molecule has 5 heteroatoms. The van der Waals surface area contributed by atoms with Crippen LogP contribution in [-0.2, 0) is 11.2 Å². The first-order valence-corrected chi connectivity index (χ1v) is 7.00. The van der Waals surface area contributed by atoms with Crippen LogP contribution in [0, 0.1) is 11.7 Å². The van der Waals surface area contributed by atoms with Gasteiger partial charge in [-0.05, 0) is 36.6 Å². The van der Waals surface area contributed by atoms with E-state index in [0.29, 0.717) is 10.0 Å². The lowest BCUT2D eigenvalue weighted by molar-refractivity contribution is -0.126. The standard InChI is InChI=1S/C14H14BrF3O/c15-11-5-9(6-12(16)8-11)7-13(19)10-1-3-14(17,18)4-2-10/h5-6,8,10H,1-4,7H2. The van der Waals surface area contributed by atoms with Crippen molar-refractivity contribution in [1.29, 1.82) is 0 Å². The van der Waals surface area contributed by atoms with Gasteiger partial charge in [-0.25, -0.2) is 13.2 Å². The quantitative estimate of drug-likeness (QED) is 0.793. The Balaban J connectivity index is 1.98. The number of ketones is 1. The van der Waals surface area contributed by atoms with Gasteiger partial charge < -0.3 is 0 Å². The SMILES string of the molecule is O=C(Cc1cc(F)cc(Br)c1)C1CCC(F)(F)CC1. The molecule has 0 saturated heterocycles. The van der Waals surface area contributed by atoms with Gasteiger partial charge in [-0.3, -0.25) is 4.79 Å². The largest absolute Gasteiger partial charge is 0.299 e. The number of carbonyl (C=O) groups excluding carboxylic acids is 1. The third-order valence-electron chi connectivity index (χ3n) is 3.47. The molecule has 0 aromatic heterocycles. The molecule has 0 bridgehead atoms. The third kappa shape index (κ3) is 4.06. The van der Waals surface area contributed by atoms with Gasteiger partial charge in [-0.15, -0.1) is 0 Å². The summed E-state index contributed by atoms with van der Waals surface area (Å²) in [5, 5.41) is 0. The van der Waals surface area contributed by atoms with Gasteiger partial charge in [0, 0.05) is 29.7 Å². The lowest BCUT2D eigenvalue weighted by atomic mass is 9.82. The molecule has 1 nitrogen and oxygen atoms in total. The van der Waals surface area contributed by atoms with Crippen molar-refractivity contribution >= 4 is 21.7 Å². The van der Waals surface area contributed by atoms with Crippen LogP contribution in [0.15, 0.2) is 22.7 Å². The summed E-state index contributed by atoms with van der Waals surface area (Å²) < 4.78 is 39.8. The minimum Gasteiger partial charge on any atom is -0.299 e. The Morgan fingerprint density at radius 2 is 1.89 bits per heavy atom. The highest BCUT2D eigenvalue weighted by Crippen LogP contribution is 2.36. The number of hydrogen-bond donors (Lipinski definition) is 0. The van der Waals surface area contributed by atoms with E-state index in [-0.39, 0.29) is 43.8 Å². The molecule has 1 aromatic carbocycles. The average molecular weight is 335 g/mol. The first-order chi connectivity index (χ1) is 8.85. The number of Topliss-reactive ketones (excluding diaryl/α,β-unsaturated/α-hetero) is 1. The molecule has 0 radical (unpaired) electrons. The van der Waals surface area contributed by atoms with Crippen molar-refractivity contribution in [2.24, 2.45) is 5.92 Å². The number of hydrogen-bond acceptors (Lipinski definition) is 1. The van der Waals surface area contributed by atoms with Crippen LogP contribution in [0.4, 0.5) is 13.2 Å². The van der Waals surface area contributed by atoms with Crippen LogP contribution >= 0.6 is 15.9 Å². The van der Waals surface area contributed by atoms with Gasteiger partial charge in [0.15, 0.2) is 0 Å². The normalized spacial score (nSPS) is 19.4. The topological polar surface area (TPSA) is 17.1 Å². The second-order valence-electron chi connectivity index (χ2n) is 5.05. The molecule has 1 aromatic rings. The van der Waals surface area contributed by atoms with E-state index in [4.69, 9.17) is 0 Å². The summed E-state index contributed by atoms with van der Waals surface area (Å²) in [6, 6.07) is 4.30. The molecule has 1 aliphatic rings. The molecule has 19 heavy (non-hydrogen) atoms. The smallest absolute Gasteiger partial charge is 0.248 e. The van der Waals surface area contributed by atoms with Crippen LogP contribution in [0.1, 0.15) is 31.2 Å². The van der Waals surface area contributed by atoms with Crippen molar-refractivity contribution in [3.8, 4) is 0 Å². The minimum atomic E-state index is -2.63. The monoisotopic (exact) mass is 334 g/mol. The molecular formula is C14H14BrF3O. The summed E-state index contributed by atoms with van der Waals surface area (Å²) in [7, 11) is 0. The zero-order valence-electron chi connectivity index (χ0n) is 10.3. The fourth-order valence-electron chi connectivity index (χ4n) is 2.42. The van der Waals surface area contributed by atoms with Crippen LogP contribution in [0.2, 0.25) is 0 Å². The van der Waals surface area contributed by atoms with Gasteiger partial charge in [0.1, 0.15) is 11.6 Å². The van der Waals surface area contributed by atoms with Crippen LogP contribution in [0.3, 0.4) is 0 Å². The molecule has 0 amide bonds. The van der Waals surface area contributed by atoms with E-state index in [9.17, 15) is 18.0 Å². The third-order valence-corrected chi connectivity index (χ3v) is 3.93. The van der Waals surface area contributed by atoms with E-state index in [1.54, 1.807) is 6.07 Å². The zero-order chi connectivity index (χ0) is 14.0. The number of benzene rings is 1. The van der Waals surface area contributed by atoms with E-state index >= 15 is 0 Å². The number of halogens is 4. The maximum Gasteiger partial charge on any atom is 0.248 e. The summed E-state index contributed by atoms with van der Waals surface area (Å²) in [6.45, 7) is 0. The molecule has 1 saturated carbocycles. The van der Waals surface area contributed by atoms with Crippen molar-refractivity contribution in [3.63, 3.8) is 0 Å². The van der Waals surface area contributed by atoms with Crippen molar-refractivity contribution < 1.29 is 18.0 Å². The van der Waals surface area contributed by atoms with Gasteiger partial charge >= 0.3 is 0 Å². The minimum absolute atomic E-state index is 0.0759. The van der Waals surface area contributed by atoms with Crippen molar-refractivity contribution in [1.82, 2.24) is 0 Å². The Hall–Kier alpha value is -0.840. The molecule has 0 spiro atoms. The lowest BCUT2D eigenvalue weighted by Crippen LogP contribution is -2.29. The highest BCUT2D eigenvalue weighted by molar-refractivity contribution is 9.10. The Kier molecular flexibility index (Phi) is 4.33. The van der Waals surface area contributed by atoms with E-state index in [2.05, 4.69) is 15.9 Å². The maximum absolute atomic E-state index is 13.2. The van der Waals surface area contributed by atoms with Gasteiger partial charge in [-0.1, -0.05) is 15.9 Å². The average Bonchev–Trinajstić information content (AvgIpc) is 2.26. The van der Waals surface area contributed by atoms with Crippen LogP contribution in [0.25, 0.3) is 0 Å². The number of carbonyl (C=O) groups is 1. The first-order valence-electron chi connectivity index (χ1n) is 6.21. The maximum atomic E-state index is 13.2. The Morgan fingerprint density at radius 3 is 2.47 bits per heavy atom. The van der Waals surface area contributed by atoms with E-state index in [1.807, 2.05) is 0 Å². The van der Waals surface area contributed by atoms with Gasteiger partial charge in [0.05, 0.1) is 0 Å². The number of alkyl halides is 2. The van der Waals surface area contributed by atoms with Crippen molar-refractivity contribution in [2.75, 3.05) is 0 Å². The van der Waals surface area contributed by atoms with Crippen molar-refractivity contribution in [2.45, 2.75) is 38.0 Å². The fourth-order valence-corrected chi connectivity index (χ4v) is 2.93. The molecule has 0 atom stereocenters. The Labute approximate surface area is 118 Å². The number of rotatable bonds is 3. The molecule has 0 unspecified atom stereocenters. The van der Waals surface area contributed by atoms with Gasteiger partial charge in [0.25, 0.3) is 0 Å². The second-order valence-corrected chi connectivity index (χ2v) is 5.97. The first kappa shape index (κ1) is 14.6. The van der Waals surface area contributed by atoms with Gasteiger partial charge in [-0.2, -0.15) is 0 Å². The Bertz CT molecular complexity index is 457. The van der Waals surface area contributed by atoms with Crippen molar-refractivity contribution in [3.05, 3.63) is 34.1 Å². The van der Waals surface area contributed by atoms with E-state index < -0.39 is 11.7 Å². The summed E-state index contributed by atoms with van der Waals surface area (Å²) >= 11 is 3.16. The summed E-state index contributed by atoms with van der Waals surface area (Å²) in [5.41, 5.74) is 0.578. The fraction of sp³-hybridized carbons (Fsp3) is 0.500. The predicted octanol–water partition coefficient (Wildman–Crippen LogP) is 4.53.